The number of ether oxygens (including phenoxy) is 1. The molecule has 32 nitrogen and oxygen atoms in total. The number of aliphatic carboxylic acids is 2. The predicted molar refractivity (Wildman–Crippen MR) is 379 cm³/mol. The van der Waals surface area contributed by atoms with Gasteiger partial charge in [-0.15, -0.1) is 0 Å². The Kier molecular flexibility index (Phi) is 37.7. The molecule has 2 bridgehead atoms. The molecule has 578 valence electrons. The lowest BCUT2D eigenvalue weighted by Crippen LogP contribution is -2.62. The Balaban J connectivity index is 1.77. The van der Waals surface area contributed by atoms with E-state index in [0.29, 0.717) is 12.0 Å². The SMILES string of the molecule is CCCCCCCCCCCC(C)CC(O)C(=O)N[C@@H](CCC(=O)O)C(=O)N[C@@H](CCCN)C(=O)N[C@H]1Cc2ccc(cc2)OC(=O)[C@H]([C@@H](C)CC)NC(=O)[C@H](Cc2ccc(O)cc2)NC(=O)[C@H](CCC(N)=O)NC(=O)[C@@H]2CCCN2C(=O)[C@H](C)NC(=O)[C@H](CCC(=O)O)NC(=O)[C@H]([C@@H](C)O)NC1=O. The quantitative estimate of drug-likeness (QED) is 0.0198. The third-order valence-electron chi connectivity index (χ3n) is 18.5. The first-order valence-electron chi connectivity index (χ1n) is 36.3. The van der Waals surface area contributed by atoms with Gasteiger partial charge in [-0.1, -0.05) is 123 Å². The van der Waals surface area contributed by atoms with Crippen LogP contribution in [0.4, 0.5) is 0 Å². The number of carbonyl (C=O) groups excluding carboxylic acids is 12. The molecule has 1 fully saturated rings. The van der Waals surface area contributed by atoms with E-state index in [1.165, 1.54) is 81.1 Å². The third-order valence-corrected chi connectivity index (χ3v) is 18.5. The maximum absolute atomic E-state index is 14.8. The highest BCUT2D eigenvalue weighted by Crippen LogP contribution is 2.23. The van der Waals surface area contributed by atoms with Crippen LogP contribution in [-0.2, 0) is 80.0 Å². The van der Waals surface area contributed by atoms with Crippen molar-refractivity contribution in [1.29, 1.82) is 0 Å². The molecule has 0 aliphatic carbocycles. The second kappa shape index (κ2) is 45.0. The lowest BCUT2D eigenvalue weighted by Gasteiger charge is -2.30. The number of carbonyl (C=O) groups is 14. The number of hydrogen-bond acceptors (Lipinski definition) is 19. The van der Waals surface area contributed by atoms with Crippen molar-refractivity contribution in [3.63, 3.8) is 0 Å². The topological polar surface area (TPSA) is 513 Å². The molecule has 32 heteroatoms. The Morgan fingerprint density at radius 2 is 1.17 bits per heavy atom. The maximum Gasteiger partial charge on any atom is 0.334 e. The standard InChI is InChI=1S/C72H110N12O20/c1-7-9-10-11-12-13-14-15-16-19-41(3)38-56(87)69(100)78-52(32-35-59(91)92)64(95)76-49(20-17-36-73)63(94)80-54-40-46-24-28-48(29-25-46)104-72(103)60(42(4)8-2)82-66(97)53(39-45-22-26-47(86)27-23-45)81-65(96)50(30-33-57(74)88)77-68(99)55-21-18-37-84(55)71(102)43(5)75-62(93)51(31-34-58(89)90)79-70(101)61(44(6)85)83-67(54)98/h22-29,41-44,49-56,60-61,85-87H,7-21,30-40,73H2,1-6H3,(H2,74,88)(H,75,93)(H,76,95)(H,77,99)(H,78,100)(H,79,101)(H,80,94)(H,81,96)(H,82,97)(H,83,98)(H,89,90)(H,91,92)/t41?,42-,43-,44+,49-,50-,51-,52-,53-,54-,55-,56?,60-,61-/m0/s1. The highest BCUT2D eigenvalue weighted by atomic mass is 16.5. The van der Waals surface area contributed by atoms with Crippen LogP contribution in [0.15, 0.2) is 48.5 Å². The van der Waals surface area contributed by atoms with E-state index in [1.807, 2.05) is 6.92 Å². The number of nitrogens with two attached hydrogens (primary N) is 2. The number of aromatic hydroxyl groups is 1. The first-order valence-corrected chi connectivity index (χ1v) is 36.3. The number of unbranched alkanes of at least 4 members (excludes halogenated alkanes) is 8. The van der Waals surface area contributed by atoms with Gasteiger partial charge in [0.15, 0.2) is 0 Å². The number of aliphatic hydroxyl groups excluding tert-OH is 2. The Bertz CT molecular complexity index is 3210. The second-order valence-corrected chi connectivity index (χ2v) is 27.3. The molecule has 3 aliphatic rings. The molecule has 3 heterocycles. The van der Waals surface area contributed by atoms with Gasteiger partial charge in [0.25, 0.3) is 0 Å². The van der Waals surface area contributed by atoms with Gasteiger partial charge in [-0.05, 0) is 119 Å². The van der Waals surface area contributed by atoms with Gasteiger partial charge in [0.05, 0.1) is 6.10 Å². The summed E-state index contributed by atoms with van der Waals surface area (Å²) in [5, 5.41) is 74.3. The molecule has 1 saturated heterocycles. The van der Waals surface area contributed by atoms with E-state index < -0.39 is 206 Å². The van der Waals surface area contributed by atoms with Crippen LogP contribution < -0.4 is 64.1 Å². The number of aliphatic hydroxyl groups is 2. The number of primary amides is 1. The molecular weight excluding hydrogens is 1350 g/mol. The Morgan fingerprint density at radius 1 is 0.615 bits per heavy atom. The van der Waals surface area contributed by atoms with Gasteiger partial charge in [-0.2, -0.15) is 0 Å². The minimum atomic E-state index is -1.99. The van der Waals surface area contributed by atoms with Crippen LogP contribution in [0.5, 0.6) is 11.5 Å². The molecule has 2 aromatic carbocycles. The van der Waals surface area contributed by atoms with E-state index in [2.05, 4.69) is 54.8 Å². The molecule has 18 N–H and O–H groups in total. The monoisotopic (exact) mass is 1460 g/mol. The fraction of sp³-hybridized carbons (Fsp3) is 0.639. The van der Waals surface area contributed by atoms with E-state index in [4.69, 9.17) is 16.2 Å². The molecule has 5 rings (SSSR count). The number of rotatable bonds is 35. The predicted octanol–water partition coefficient (Wildman–Crippen LogP) is 0.939. The number of hydrogen-bond donors (Lipinski definition) is 16. The first-order chi connectivity index (χ1) is 49.3. The molecule has 0 spiro atoms. The molecule has 11 amide bonds. The van der Waals surface area contributed by atoms with E-state index >= 15 is 0 Å². The Hall–Kier alpha value is -9.30. The molecule has 2 unspecified atom stereocenters. The van der Waals surface area contributed by atoms with Crippen molar-refractivity contribution in [3.8, 4) is 11.5 Å². The summed E-state index contributed by atoms with van der Waals surface area (Å²) in [5.74, 6) is -15.8. The van der Waals surface area contributed by atoms with Crippen molar-refractivity contribution in [3.05, 3.63) is 59.7 Å². The lowest BCUT2D eigenvalue weighted by molar-refractivity contribution is -0.143. The van der Waals surface area contributed by atoms with Crippen LogP contribution in [0, 0.1) is 11.8 Å². The summed E-state index contributed by atoms with van der Waals surface area (Å²) < 4.78 is 5.82. The van der Waals surface area contributed by atoms with Crippen molar-refractivity contribution in [2.24, 2.45) is 23.3 Å². The zero-order valence-corrected chi connectivity index (χ0v) is 60.5. The Morgan fingerprint density at radius 3 is 1.77 bits per heavy atom. The van der Waals surface area contributed by atoms with Crippen LogP contribution in [0.3, 0.4) is 0 Å². The van der Waals surface area contributed by atoms with Gasteiger partial charge in [-0.3, -0.25) is 62.3 Å². The summed E-state index contributed by atoms with van der Waals surface area (Å²) in [6.07, 6.45) is 3.76. The molecule has 0 saturated carbocycles. The van der Waals surface area contributed by atoms with Crippen molar-refractivity contribution >= 4 is 82.9 Å². The number of phenols is 1. The zero-order valence-electron chi connectivity index (χ0n) is 60.5. The number of nitrogens with one attached hydrogen (secondary N) is 9. The number of nitrogens with zero attached hydrogens (tertiary/aromatic N) is 1. The van der Waals surface area contributed by atoms with Gasteiger partial charge in [0.1, 0.15) is 78.0 Å². The van der Waals surface area contributed by atoms with E-state index in [1.54, 1.807) is 13.8 Å². The molecule has 0 aromatic heterocycles. The van der Waals surface area contributed by atoms with Crippen LogP contribution >= 0.6 is 0 Å². The summed E-state index contributed by atoms with van der Waals surface area (Å²) >= 11 is 0. The van der Waals surface area contributed by atoms with Crippen molar-refractivity contribution in [2.45, 2.75) is 268 Å². The summed E-state index contributed by atoms with van der Waals surface area (Å²) in [4.78, 5) is 195. The van der Waals surface area contributed by atoms with Crippen molar-refractivity contribution < 1.29 is 97.4 Å². The average Bonchev–Trinajstić information content (AvgIpc) is 1.42. The fourth-order valence-corrected chi connectivity index (χ4v) is 12.1. The van der Waals surface area contributed by atoms with Crippen LogP contribution in [0.25, 0.3) is 0 Å². The van der Waals surface area contributed by atoms with Crippen LogP contribution in [0.1, 0.15) is 194 Å². The van der Waals surface area contributed by atoms with Crippen molar-refractivity contribution in [1.82, 2.24) is 52.8 Å². The van der Waals surface area contributed by atoms with Gasteiger partial charge in [0, 0.05) is 38.6 Å². The third kappa shape index (κ3) is 30.2. The van der Waals surface area contributed by atoms with Gasteiger partial charge >= 0.3 is 17.9 Å². The molecule has 14 atom stereocenters. The normalized spacial score (nSPS) is 22.3. The summed E-state index contributed by atoms with van der Waals surface area (Å²) in [7, 11) is 0. The molecule has 2 aromatic rings. The minimum absolute atomic E-state index is 0.0297. The van der Waals surface area contributed by atoms with E-state index in [0.717, 1.165) is 50.3 Å². The molecule has 0 radical (unpaired) electrons. The largest absolute Gasteiger partial charge is 0.508 e. The summed E-state index contributed by atoms with van der Waals surface area (Å²) in [6, 6.07) is -4.99. The maximum atomic E-state index is 14.8. The number of carboxylic acid groups (broad SMARTS) is 2. The first kappa shape index (κ1) is 87.1. The van der Waals surface area contributed by atoms with E-state index in [9.17, 15) is 92.7 Å². The molecule has 104 heavy (non-hydrogen) atoms. The van der Waals surface area contributed by atoms with Crippen LogP contribution in [-0.4, -0.2) is 199 Å². The lowest BCUT2D eigenvalue weighted by atomic mass is 9.95. The number of esters is 1. The average molecular weight is 1460 g/mol. The fourth-order valence-electron chi connectivity index (χ4n) is 12.1. The van der Waals surface area contributed by atoms with Gasteiger partial charge in [0.2, 0.25) is 65.0 Å². The minimum Gasteiger partial charge on any atom is -0.508 e. The number of amides is 11. The summed E-state index contributed by atoms with van der Waals surface area (Å²) in [5.41, 5.74) is 12.0. The highest BCUT2D eigenvalue weighted by molar-refractivity contribution is 5.99. The van der Waals surface area contributed by atoms with Gasteiger partial charge in [-0.25, -0.2) is 4.79 Å². The number of carboxylic acids is 2. The highest BCUT2D eigenvalue weighted by Gasteiger charge is 2.41. The number of phenolic OH excluding ortho intramolecular Hbond substituents is 1. The molecular formula is C72H110N12O20. The zero-order chi connectivity index (χ0) is 77.2. The number of benzene rings is 2. The second-order valence-electron chi connectivity index (χ2n) is 27.3. The smallest absolute Gasteiger partial charge is 0.334 e. The molecule has 3 aliphatic heterocycles. The van der Waals surface area contributed by atoms with Crippen molar-refractivity contribution in [2.75, 3.05) is 13.1 Å². The van der Waals surface area contributed by atoms with Gasteiger partial charge < -0.3 is 94.5 Å². The van der Waals surface area contributed by atoms with E-state index in [-0.39, 0.29) is 74.6 Å². The number of fused-ring (bicyclic) bond motifs is 23. The Labute approximate surface area is 606 Å². The summed E-state index contributed by atoms with van der Waals surface area (Å²) in [6.45, 7) is 9.69. The van der Waals surface area contributed by atoms with Crippen LogP contribution in [0.2, 0.25) is 0 Å².